The van der Waals surface area contributed by atoms with Gasteiger partial charge in [-0.1, -0.05) is 23.7 Å². The number of hydrogen-bond acceptors (Lipinski definition) is 3. The van der Waals surface area contributed by atoms with Gasteiger partial charge in [0.1, 0.15) is 0 Å². The number of rotatable bonds is 6. The van der Waals surface area contributed by atoms with E-state index in [1.807, 2.05) is 38.4 Å². The molecule has 0 aromatic heterocycles. The molecule has 18 heavy (non-hydrogen) atoms. The Hall–Kier alpha value is -1.10. The molecular formula is C13H20ClN3O. The molecule has 0 aliphatic rings. The van der Waals surface area contributed by atoms with E-state index in [0.29, 0.717) is 24.5 Å². The van der Waals surface area contributed by atoms with Crippen LogP contribution in [0.2, 0.25) is 5.02 Å². The molecule has 1 unspecified atom stereocenters. The lowest BCUT2D eigenvalue weighted by Gasteiger charge is -2.25. The summed E-state index contributed by atoms with van der Waals surface area (Å²) < 4.78 is 0. The van der Waals surface area contributed by atoms with E-state index in [2.05, 4.69) is 10.2 Å². The minimum atomic E-state index is -0.0155. The number of likely N-dealkylation sites (N-methyl/N-ethyl adjacent to an activating group) is 1. The molecule has 0 saturated carbocycles. The fourth-order valence-corrected chi connectivity index (χ4v) is 1.84. The quantitative estimate of drug-likeness (QED) is 0.821. The van der Waals surface area contributed by atoms with Gasteiger partial charge in [-0.3, -0.25) is 4.79 Å². The number of nitrogens with zero attached hydrogens (tertiary/aromatic N) is 1. The first-order valence-corrected chi connectivity index (χ1v) is 6.31. The zero-order valence-corrected chi connectivity index (χ0v) is 11.6. The average molecular weight is 270 g/mol. The number of nitrogens with two attached hydrogens (primary N) is 1. The van der Waals surface area contributed by atoms with Crippen LogP contribution in [-0.2, 0) is 4.79 Å². The van der Waals surface area contributed by atoms with Crippen LogP contribution in [-0.4, -0.2) is 38.0 Å². The van der Waals surface area contributed by atoms with E-state index < -0.39 is 0 Å². The van der Waals surface area contributed by atoms with Crippen LogP contribution < -0.4 is 11.1 Å². The Kier molecular flexibility index (Phi) is 6.12. The van der Waals surface area contributed by atoms with Crippen molar-refractivity contribution in [1.29, 1.82) is 0 Å². The molecule has 100 valence electrons. The number of nitrogens with one attached hydrogen (secondary N) is 1. The standard InChI is InChI=1S/C13H20ClN3O/c1-17(2)12(9-16-13(18)7-8-15)10-3-5-11(14)6-4-10/h3-6,12H,7-9,15H2,1-2H3,(H,16,18). The Labute approximate surface area is 113 Å². The van der Waals surface area contributed by atoms with Crippen molar-refractivity contribution in [3.8, 4) is 0 Å². The van der Waals surface area contributed by atoms with Gasteiger partial charge in [0.05, 0.1) is 6.04 Å². The number of halogens is 1. The lowest BCUT2D eigenvalue weighted by atomic mass is 10.1. The first-order valence-electron chi connectivity index (χ1n) is 5.93. The van der Waals surface area contributed by atoms with Gasteiger partial charge in [-0.05, 0) is 31.8 Å². The highest BCUT2D eigenvalue weighted by Crippen LogP contribution is 2.19. The van der Waals surface area contributed by atoms with Gasteiger partial charge in [0.2, 0.25) is 5.91 Å². The van der Waals surface area contributed by atoms with Gasteiger partial charge in [0, 0.05) is 24.5 Å². The molecule has 0 bridgehead atoms. The normalized spacial score (nSPS) is 12.5. The molecule has 0 fully saturated rings. The predicted molar refractivity (Wildman–Crippen MR) is 74.6 cm³/mol. The molecule has 1 aromatic rings. The summed E-state index contributed by atoms with van der Waals surface area (Å²) >= 11 is 5.87. The largest absolute Gasteiger partial charge is 0.354 e. The van der Waals surface area contributed by atoms with Gasteiger partial charge in [-0.25, -0.2) is 0 Å². The average Bonchev–Trinajstić information content (AvgIpc) is 2.31. The second-order valence-corrected chi connectivity index (χ2v) is 4.81. The highest BCUT2D eigenvalue weighted by Gasteiger charge is 2.14. The fourth-order valence-electron chi connectivity index (χ4n) is 1.71. The van der Waals surface area contributed by atoms with Crippen molar-refractivity contribution in [3.05, 3.63) is 34.9 Å². The van der Waals surface area contributed by atoms with Crippen LogP contribution in [0, 0.1) is 0 Å². The van der Waals surface area contributed by atoms with E-state index in [4.69, 9.17) is 17.3 Å². The van der Waals surface area contributed by atoms with Crippen molar-refractivity contribution in [3.63, 3.8) is 0 Å². The van der Waals surface area contributed by atoms with E-state index in [9.17, 15) is 4.79 Å². The van der Waals surface area contributed by atoms with Crippen LogP contribution in [0.5, 0.6) is 0 Å². The van der Waals surface area contributed by atoms with Gasteiger partial charge in [0.25, 0.3) is 0 Å². The van der Waals surface area contributed by atoms with Crippen molar-refractivity contribution in [2.45, 2.75) is 12.5 Å². The minimum absolute atomic E-state index is 0.0155. The fraction of sp³-hybridized carbons (Fsp3) is 0.462. The monoisotopic (exact) mass is 269 g/mol. The molecular weight excluding hydrogens is 250 g/mol. The van der Waals surface area contributed by atoms with Gasteiger partial charge in [-0.2, -0.15) is 0 Å². The first-order chi connectivity index (χ1) is 8.54. The second-order valence-electron chi connectivity index (χ2n) is 4.37. The van der Waals surface area contributed by atoms with Gasteiger partial charge >= 0.3 is 0 Å². The molecule has 4 nitrogen and oxygen atoms in total. The van der Waals surface area contributed by atoms with Crippen LogP contribution in [0.3, 0.4) is 0 Å². The lowest BCUT2D eigenvalue weighted by Crippen LogP contribution is -2.35. The highest BCUT2D eigenvalue weighted by molar-refractivity contribution is 6.30. The Bertz CT molecular complexity index is 378. The number of carbonyl (C=O) groups is 1. The molecule has 1 amide bonds. The molecule has 5 heteroatoms. The van der Waals surface area contributed by atoms with Crippen LogP contribution >= 0.6 is 11.6 Å². The molecule has 0 aliphatic heterocycles. The van der Waals surface area contributed by atoms with Crippen molar-refractivity contribution >= 4 is 17.5 Å². The summed E-state index contributed by atoms with van der Waals surface area (Å²) in [6, 6.07) is 7.79. The number of carbonyl (C=O) groups excluding carboxylic acids is 1. The van der Waals surface area contributed by atoms with Crippen molar-refractivity contribution in [2.75, 3.05) is 27.2 Å². The number of benzene rings is 1. The van der Waals surface area contributed by atoms with Crippen molar-refractivity contribution in [1.82, 2.24) is 10.2 Å². The molecule has 1 atom stereocenters. The Balaban J connectivity index is 2.65. The molecule has 0 spiro atoms. The lowest BCUT2D eigenvalue weighted by molar-refractivity contribution is -0.121. The molecule has 1 rings (SSSR count). The van der Waals surface area contributed by atoms with Crippen molar-refractivity contribution < 1.29 is 4.79 Å². The van der Waals surface area contributed by atoms with Crippen LogP contribution in [0.1, 0.15) is 18.0 Å². The van der Waals surface area contributed by atoms with Gasteiger partial charge in [0.15, 0.2) is 0 Å². The zero-order chi connectivity index (χ0) is 13.5. The summed E-state index contributed by atoms with van der Waals surface area (Å²) in [6.45, 7) is 0.937. The van der Waals surface area contributed by atoms with E-state index >= 15 is 0 Å². The molecule has 0 aliphatic carbocycles. The highest BCUT2D eigenvalue weighted by atomic mass is 35.5. The van der Waals surface area contributed by atoms with E-state index in [-0.39, 0.29) is 11.9 Å². The maximum Gasteiger partial charge on any atom is 0.221 e. The maximum atomic E-state index is 11.4. The third kappa shape index (κ3) is 4.64. The molecule has 3 N–H and O–H groups in total. The number of hydrogen-bond donors (Lipinski definition) is 2. The predicted octanol–water partition coefficient (Wildman–Crippen LogP) is 1.41. The summed E-state index contributed by atoms with van der Waals surface area (Å²) in [5, 5.41) is 3.60. The third-order valence-corrected chi connectivity index (χ3v) is 2.99. The SMILES string of the molecule is CN(C)C(CNC(=O)CCN)c1ccc(Cl)cc1. The third-order valence-electron chi connectivity index (χ3n) is 2.74. The topological polar surface area (TPSA) is 58.4 Å². The summed E-state index contributed by atoms with van der Waals surface area (Å²) in [6.07, 6.45) is 0.362. The Morgan fingerprint density at radius 1 is 1.39 bits per heavy atom. The minimum Gasteiger partial charge on any atom is -0.354 e. The maximum absolute atomic E-state index is 11.4. The van der Waals surface area contributed by atoms with Crippen molar-refractivity contribution in [2.24, 2.45) is 5.73 Å². The molecule has 1 aromatic carbocycles. The Morgan fingerprint density at radius 2 is 2.00 bits per heavy atom. The zero-order valence-electron chi connectivity index (χ0n) is 10.8. The summed E-state index contributed by atoms with van der Waals surface area (Å²) in [7, 11) is 3.96. The second kappa shape index (κ2) is 7.36. The van der Waals surface area contributed by atoms with E-state index in [0.717, 1.165) is 5.56 Å². The number of amides is 1. The van der Waals surface area contributed by atoms with Crippen LogP contribution in [0.15, 0.2) is 24.3 Å². The van der Waals surface area contributed by atoms with Crippen LogP contribution in [0.25, 0.3) is 0 Å². The van der Waals surface area contributed by atoms with E-state index in [1.165, 1.54) is 0 Å². The summed E-state index contributed by atoms with van der Waals surface area (Å²) in [5.41, 5.74) is 6.46. The summed E-state index contributed by atoms with van der Waals surface area (Å²) in [5.74, 6) is -0.0155. The Morgan fingerprint density at radius 3 is 2.50 bits per heavy atom. The molecule has 0 radical (unpaired) electrons. The molecule has 0 heterocycles. The van der Waals surface area contributed by atoms with Gasteiger partial charge < -0.3 is 16.0 Å². The van der Waals surface area contributed by atoms with E-state index in [1.54, 1.807) is 0 Å². The first kappa shape index (κ1) is 15.0. The molecule has 0 saturated heterocycles. The smallest absolute Gasteiger partial charge is 0.221 e. The summed E-state index contributed by atoms with van der Waals surface area (Å²) in [4.78, 5) is 13.5. The van der Waals surface area contributed by atoms with Gasteiger partial charge in [-0.15, -0.1) is 0 Å². The van der Waals surface area contributed by atoms with Crippen LogP contribution in [0.4, 0.5) is 0 Å².